The minimum absolute atomic E-state index is 0.0380. The molecule has 6 rings (SSSR count). The molecule has 1 saturated carbocycles. The maximum Gasteiger partial charge on any atom is 0.411 e. The number of nitrogens with zero attached hydrogens (tertiary/aromatic N) is 1. The molecule has 44 heavy (non-hydrogen) atoms. The van der Waals surface area contributed by atoms with Gasteiger partial charge in [0.05, 0.1) is 26.2 Å². The summed E-state index contributed by atoms with van der Waals surface area (Å²) in [6.07, 6.45) is 1.12. The van der Waals surface area contributed by atoms with Gasteiger partial charge in [-0.05, 0) is 55.3 Å². The number of carbonyl (C=O) groups is 2. The van der Waals surface area contributed by atoms with E-state index in [1.165, 1.54) is 12.1 Å². The number of hydrogen-bond acceptors (Lipinski definition) is 7. The lowest BCUT2D eigenvalue weighted by molar-refractivity contribution is 0.0695. The van der Waals surface area contributed by atoms with Gasteiger partial charge in [-0.3, -0.25) is 5.32 Å². The van der Waals surface area contributed by atoms with Crippen molar-refractivity contribution in [2.24, 2.45) is 0 Å². The highest BCUT2D eigenvalue weighted by atomic mass is 35.5. The molecular formula is C32H24Cl3N3O6. The lowest BCUT2D eigenvalue weighted by Crippen LogP contribution is -2.49. The second-order valence-corrected chi connectivity index (χ2v) is 11.6. The van der Waals surface area contributed by atoms with Gasteiger partial charge in [0.15, 0.2) is 0 Å². The molecule has 0 spiro atoms. The molecule has 1 aromatic heterocycles. The minimum atomic E-state index is -1.16. The Morgan fingerprint density at radius 1 is 1.02 bits per heavy atom. The van der Waals surface area contributed by atoms with Crippen molar-refractivity contribution in [3.63, 3.8) is 0 Å². The van der Waals surface area contributed by atoms with E-state index in [0.717, 1.165) is 24.2 Å². The molecule has 0 atom stereocenters. The Balaban J connectivity index is 1.19. The van der Waals surface area contributed by atoms with Crippen LogP contribution in [0, 0.1) is 11.8 Å². The number of rotatable bonds is 8. The van der Waals surface area contributed by atoms with E-state index in [1.807, 2.05) is 0 Å². The molecule has 1 amide bonds. The third-order valence-electron chi connectivity index (χ3n) is 7.08. The van der Waals surface area contributed by atoms with E-state index in [4.69, 9.17) is 48.8 Å². The number of aromatic carboxylic acids is 1. The van der Waals surface area contributed by atoms with Crippen LogP contribution in [0.1, 0.15) is 51.6 Å². The van der Waals surface area contributed by atoms with Crippen LogP contribution in [0.3, 0.4) is 0 Å². The molecule has 0 unspecified atom stereocenters. The normalized spacial score (nSPS) is 14.2. The molecule has 1 aliphatic carbocycles. The third-order valence-corrected chi connectivity index (χ3v) is 8.02. The molecule has 2 heterocycles. The Bertz CT molecular complexity index is 1800. The van der Waals surface area contributed by atoms with Gasteiger partial charge in [-0.2, -0.15) is 0 Å². The Labute approximate surface area is 267 Å². The highest BCUT2D eigenvalue weighted by Crippen LogP contribution is 2.46. The molecule has 2 aliphatic rings. The number of ether oxygens (including phenoxy) is 2. The first kappa shape index (κ1) is 29.9. The van der Waals surface area contributed by atoms with Crippen LogP contribution in [0.15, 0.2) is 59.1 Å². The highest BCUT2D eigenvalue weighted by molar-refractivity contribution is 6.39. The molecular weight excluding hydrogens is 629 g/mol. The van der Waals surface area contributed by atoms with Gasteiger partial charge in [0.25, 0.3) is 0 Å². The summed E-state index contributed by atoms with van der Waals surface area (Å²) in [5.41, 5.74) is 2.99. The van der Waals surface area contributed by atoms with Crippen LogP contribution in [0.25, 0.3) is 11.3 Å². The van der Waals surface area contributed by atoms with Crippen molar-refractivity contribution in [1.29, 1.82) is 0 Å². The predicted octanol–water partition coefficient (Wildman–Crippen LogP) is 7.38. The monoisotopic (exact) mass is 651 g/mol. The van der Waals surface area contributed by atoms with Crippen LogP contribution in [0.5, 0.6) is 5.75 Å². The Morgan fingerprint density at radius 2 is 1.80 bits per heavy atom. The summed E-state index contributed by atoms with van der Waals surface area (Å²) >= 11 is 19.5. The van der Waals surface area contributed by atoms with Crippen molar-refractivity contribution < 1.29 is 28.7 Å². The van der Waals surface area contributed by atoms with Crippen molar-refractivity contribution in [3.05, 3.63) is 97.7 Å². The number of anilines is 1. The van der Waals surface area contributed by atoms with Crippen molar-refractivity contribution in [1.82, 2.24) is 10.5 Å². The summed E-state index contributed by atoms with van der Waals surface area (Å²) in [4.78, 5) is 23.8. The number of aromatic nitrogens is 1. The molecule has 4 aromatic rings. The molecule has 0 bridgehead atoms. The van der Waals surface area contributed by atoms with Gasteiger partial charge < -0.3 is 24.4 Å². The van der Waals surface area contributed by atoms with Crippen LogP contribution in [-0.2, 0) is 11.3 Å². The molecule has 0 radical (unpaired) electrons. The van der Waals surface area contributed by atoms with E-state index in [2.05, 4.69) is 27.6 Å². The summed E-state index contributed by atoms with van der Waals surface area (Å²) in [6, 6.07) is 14.6. The van der Waals surface area contributed by atoms with Gasteiger partial charge in [0.1, 0.15) is 29.9 Å². The smallest absolute Gasteiger partial charge is 0.411 e. The van der Waals surface area contributed by atoms with E-state index in [0.29, 0.717) is 56.3 Å². The van der Waals surface area contributed by atoms with Gasteiger partial charge in [0, 0.05) is 47.5 Å². The zero-order chi connectivity index (χ0) is 30.8. The summed E-state index contributed by atoms with van der Waals surface area (Å²) in [5.74, 6) is 6.26. The first-order valence-corrected chi connectivity index (χ1v) is 14.8. The fourth-order valence-electron chi connectivity index (χ4n) is 4.57. The van der Waals surface area contributed by atoms with Crippen LogP contribution >= 0.6 is 34.8 Å². The van der Waals surface area contributed by atoms with Crippen LogP contribution in [0.4, 0.5) is 10.5 Å². The average molecular weight is 653 g/mol. The first-order chi connectivity index (χ1) is 21.2. The summed E-state index contributed by atoms with van der Waals surface area (Å²) in [6.45, 7) is 1.31. The van der Waals surface area contributed by atoms with Gasteiger partial charge in [-0.1, -0.05) is 57.9 Å². The fraction of sp³-hybridized carbons (Fsp3) is 0.219. The molecule has 2 fully saturated rings. The molecule has 12 heteroatoms. The molecule has 9 nitrogen and oxygen atoms in total. The van der Waals surface area contributed by atoms with Crippen LogP contribution in [-0.4, -0.2) is 41.5 Å². The Kier molecular flexibility index (Phi) is 8.69. The SMILES string of the molecule is O=C(Nc1cc(C#Cc2ccc(OCc3c(-c4c(Cl)cccc4Cl)noc3C3CC3)cc2Cl)cc(C(=O)O)c1)OC1CNC1. The summed E-state index contributed by atoms with van der Waals surface area (Å²) in [7, 11) is 0. The number of benzene rings is 3. The zero-order valence-corrected chi connectivity index (χ0v) is 25.2. The minimum Gasteiger partial charge on any atom is -0.489 e. The van der Waals surface area contributed by atoms with E-state index in [9.17, 15) is 14.7 Å². The number of nitrogens with one attached hydrogen (secondary N) is 2. The van der Waals surface area contributed by atoms with Gasteiger partial charge in [0.2, 0.25) is 0 Å². The fourth-order valence-corrected chi connectivity index (χ4v) is 5.36. The molecule has 1 aliphatic heterocycles. The standard InChI is InChI=1S/C32H24Cl3N3O6/c33-25-2-1-3-26(34)28(25)29-24(30(44-38-29)19-6-7-19)16-42-22-9-8-18(27(35)13-22)5-4-17-10-20(31(39)40)12-21(11-17)37-32(41)43-23-14-36-15-23/h1-3,8-13,19,23,36H,6-7,14-16H2,(H,37,41)(H,39,40). The van der Waals surface area contributed by atoms with Crippen molar-refractivity contribution in [2.45, 2.75) is 31.5 Å². The number of hydrogen-bond donors (Lipinski definition) is 3. The lowest BCUT2D eigenvalue weighted by Gasteiger charge is -2.26. The number of carboxylic acids is 1. The molecule has 224 valence electrons. The zero-order valence-electron chi connectivity index (χ0n) is 23.0. The molecule has 3 N–H and O–H groups in total. The largest absolute Gasteiger partial charge is 0.489 e. The van der Waals surface area contributed by atoms with Crippen molar-refractivity contribution in [2.75, 3.05) is 18.4 Å². The lowest BCUT2D eigenvalue weighted by atomic mass is 10.0. The third kappa shape index (κ3) is 6.79. The predicted molar refractivity (Wildman–Crippen MR) is 166 cm³/mol. The van der Waals surface area contributed by atoms with Gasteiger partial charge in [-0.25, -0.2) is 9.59 Å². The van der Waals surface area contributed by atoms with Gasteiger partial charge in [-0.15, -0.1) is 0 Å². The van der Waals surface area contributed by atoms with Crippen LogP contribution < -0.4 is 15.4 Å². The van der Waals surface area contributed by atoms with E-state index < -0.39 is 12.1 Å². The highest BCUT2D eigenvalue weighted by Gasteiger charge is 2.33. The number of carbonyl (C=O) groups excluding carboxylic acids is 1. The average Bonchev–Trinajstić information content (AvgIpc) is 3.73. The van der Waals surface area contributed by atoms with Crippen LogP contribution in [0.2, 0.25) is 15.1 Å². The number of amides is 1. The number of carboxylic acid groups (broad SMARTS) is 1. The maximum atomic E-state index is 12.2. The molecule has 3 aromatic carbocycles. The van der Waals surface area contributed by atoms with E-state index in [-0.39, 0.29) is 29.9 Å². The van der Waals surface area contributed by atoms with Crippen molar-refractivity contribution in [3.8, 4) is 28.8 Å². The van der Waals surface area contributed by atoms with E-state index >= 15 is 0 Å². The maximum absolute atomic E-state index is 12.2. The molecule has 1 saturated heterocycles. The number of halogens is 3. The summed E-state index contributed by atoms with van der Waals surface area (Å²) < 4.78 is 17.1. The second-order valence-electron chi connectivity index (χ2n) is 10.3. The quantitative estimate of drug-likeness (QED) is 0.169. The Morgan fingerprint density at radius 3 is 2.45 bits per heavy atom. The Hall–Kier alpha value is -4.20. The first-order valence-electron chi connectivity index (χ1n) is 13.7. The topological polar surface area (TPSA) is 123 Å². The second kappa shape index (κ2) is 12.8. The van der Waals surface area contributed by atoms with Crippen molar-refractivity contribution >= 4 is 52.6 Å². The van der Waals surface area contributed by atoms with E-state index in [1.54, 1.807) is 42.5 Å². The van der Waals surface area contributed by atoms with Gasteiger partial charge >= 0.3 is 12.1 Å². The summed E-state index contributed by atoms with van der Waals surface area (Å²) in [5, 5.41) is 20.7.